The van der Waals surface area contributed by atoms with Crippen LogP contribution < -0.4 is 9.62 Å². The van der Waals surface area contributed by atoms with Gasteiger partial charge in [-0.1, -0.05) is 94.3 Å². The molecule has 5 nitrogen and oxygen atoms in total. The maximum atomic E-state index is 13.6. The van der Waals surface area contributed by atoms with E-state index in [1.165, 1.54) is 0 Å². The molecule has 0 atom stereocenters. The lowest BCUT2D eigenvalue weighted by molar-refractivity contribution is -0.120. The molecular formula is C28H25BrN2O3S. The molecule has 178 valence electrons. The maximum absolute atomic E-state index is 13.6. The number of anilines is 1. The number of carbonyl (C=O) groups is 1. The Hall–Kier alpha value is -3.42. The quantitative estimate of drug-likeness (QED) is 0.300. The van der Waals surface area contributed by atoms with Crippen molar-refractivity contribution in [1.29, 1.82) is 0 Å². The van der Waals surface area contributed by atoms with Crippen LogP contribution in [0.1, 0.15) is 22.7 Å². The minimum Gasteiger partial charge on any atom is -0.344 e. The van der Waals surface area contributed by atoms with E-state index in [9.17, 15) is 13.2 Å². The number of halogens is 1. The van der Waals surface area contributed by atoms with Crippen LogP contribution >= 0.6 is 15.9 Å². The zero-order chi connectivity index (χ0) is 24.8. The van der Waals surface area contributed by atoms with Crippen LogP contribution in [0.3, 0.4) is 0 Å². The molecule has 0 heterocycles. The highest BCUT2D eigenvalue weighted by Gasteiger charge is 2.28. The normalized spacial score (nSPS) is 11.3. The van der Waals surface area contributed by atoms with Crippen LogP contribution in [0.25, 0.3) is 0 Å². The number of nitrogens with zero attached hydrogens (tertiary/aromatic N) is 1. The molecule has 0 fully saturated rings. The Morgan fingerprint density at radius 1 is 0.800 bits per heavy atom. The van der Waals surface area contributed by atoms with Gasteiger partial charge >= 0.3 is 0 Å². The molecule has 1 amide bonds. The van der Waals surface area contributed by atoms with E-state index in [4.69, 9.17) is 0 Å². The van der Waals surface area contributed by atoms with E-state index in [0.717, 1.165) is 25.5 Å². The van der Waals surface area contributed by atoms with Gasteiger partial charge in [0.2, 0.25) is 5.91 Å². The van der Waals surface area contributed by atoms with Gasteiger partial charge in [0.1, 0.15) is 6.54 Å². The molecule has 4 aromatic carbocycles. The van der Waals surface area contributed by atoms with Gasteiger partial charge in [0.05, 0.1) is 16.6 Å². The number of sulfonamides is 1. The fraction of sp³-hybridized carbons (Fsp3) is 0.107. The molecule has 0 saturated carbocycles. The van der Waals surface area contributed by atoms with E-state index in [-0.39, 0.29) is 11.4 Å². The van der Waals surface area contributed by atoms with Crippen LogP contribution in [0, 0.1) is 6.92 Å². The van der Waals surface area contributed by atoms with E-state index in [1.54, 1.807) is 48.5 Å². The number of amides is 1. The van der Waals surface area contributed by atoms with Crippen LogP contribution in [-0.4, -0.2) is 20.9 Å². The minimum absolute atomic E-state index is 0.126. The summed E-state index contributed by atoms with van der Waals surface area (Å²) in [7, 11) is -3.99. The Balaban J connectivity index is 1.67. The molecule has 35 heavy (non-hydrogen) atoms. The number of rotatable bonds is 8. The average Bonchev–Trinajstić information content (AvgIpc) is 2.88. The molecule has 0 radical (unpaired) electrons. The molecule has 1 N–H and O–H groups in total. The zero-order valence-electron chi connectivity index (χ0n) is 19.1. The van der Waals surface area contributed by atoms with Gasteiger partial charge in [-0.25, -0.2) is 8.42 Å². The van der Waals surface area contributed by atoms with Gasteiger partial charge in [-0.2, -0.15) is 0 Å². The second kappa shape index (κ2) is 10.9. The van der Waals surface area contributed by atoms with E-state index in [1.807, 2.05) is 67.6 Å². The van der Waals surface area contributed by atoms with Crippen molar-refractivity contribution in [2.45, 2.75) is 17.9 Å². The Morgan fingerprint density at radius 2 is 1.31 bits per heavy atom. The van der Waals surface area contributed by atoms with Crippen LogP contribution in [0.5, 0.6) is 0 Å². The van der Waals surface area contributed by atoms with Crippen LogP contribution in [0.2, 0.25) is 0 Å². The van der Waals surface area contributed by atoms with Crippen molar-refractivity contribution in [3.8, 4) is 0 Å². The van der Waals surface area contributed by atoms with Crippen molar-refractivity contribution >= 4 is 37.5 Å². The first-order valence-corrected chi connectivity index (χ1v) is 13.3. The summed E-state index contributed by atoms with van der Waals surface area (Å²) in [6, 6.07) is 32.3. The lowest BCUT2D eigenvalue weighted by atomic mass is 9.99. The van der Waals surface area contributed by atoms with Gasteiger partial charge in [0.15, 0.2) is 0 Å². The largest absolute Gasteiger partial charge is 0.344 e. The summed E-state index contributed by atoms with van der Waals surface area (Å²) in [5.74, 6) is -0.415. The second-order valence-corrected chi connectivity index (χ2v) is 10.9. The molecule has 0 aliphatic carbocycles. The fourth-order valence-corrected chi connectivity index (χ4v) is 5.43. The van der Waals surface area contributed by atoms with Crippen molar-refractivity contribution < 1.29 is 13.2 Å². The molecule has 4 aromatic rings. The number of aryl methyl sites for hydroxylation is 1. The Kier molecular flexibility index (Phi) is 7.68. The van der Waals surface area contributed by atoms with E-state index in [0.29, 0.717) is 5.69 Å². The third-order valence-electron chi connectivity index (χ3n) is 5.58. The molecule has 0 aromatic heterocycles. The number of hydrogen-bond donors (Lipinski definition) is 1. The zero-order valence-corrected chi connectivity index (χ0v) is 21.5. The van der Waals surface area contributed by atoms with Gasteiger partial charge in [0, 0.05) is 4.47 Å². The first kappa shape index (κ1) is 24.7. The first-order valence-electron chi connectivity index (χ1n) is 11.1. The van der Waals surface area contributed by atoms with Crippen molar-refractivity contribution in [3.05, 3.63) is 130 Å². The van der Waals surface area contributed by atoms with Crippen molar-refractivity contribution in [2.75, 3.05) is 10.8 Å². The topological polar surface area (TPSA) is 66.5 Å². The number of carbonyl (C=O) groups excluding carboxylic acids is 1. The van der Waals surface area contributed by atoms with Gasteiger partial charge < -0.3 is 5.32 Å². The van der Waals surface area contributed by atoms with Gasteiger partial charge in [-0.3, -0.25) is 9.10 Å². The second-order valence-electron chi connectivity index (χ2n) is 8.12. The molecule has 0 unspecified atom stereocenters. The molecule has 0 aliphatic heterocycles. The predicted octanol–water partition coefficient (Wildman–Crippen LogP) is 5.86. The van der Waals surface area contributed by atoms with E-state index in [2.05, 4.69) is 21.2 Å². The number of nitrogens with one attached hydrogen (secondary N) is 1. The van der Waals surface area contributed by atoms with Crippen LogP contribution in [0.4, 0.5) is 5.69 Å². The molecule has 7 heteroatoms. The summed E-state index contributed by atoms with van der Waals surface area (Å²) in [6.07, 6.45) is 0. The molecule has 0 aliphatic rings. The summed E-state index contributed by atoms with van der Waals surface area (Å²) in [4.78, 5) is 13.5. The molecule has 4 rings (SSSR count). The minimum atomic E-state index is -3.99. The van der Waals surface area contributed by atoms with Crippen LogP contribution in [0.15, 0.2) is 119 Å². The summed E-state index contributed by atoms with van der Waals surface area (Å²) in [6.45, 7) is 1.53. The monoisotopic (exact) mass is 548 g/mol. The Bertz CT molecular complexity index is 1340. The number of benzene rings is 4. The third-order valence-corrected chi connectivity index (χ3v) is 7.90. The highest BCUT2D eigenvalue weighted by molar-refractivity contribution is 9.10. The molecule has 0 spiro atoms. The van der Waals surface area contributed by atoms with Crippen LogP contribution in [-0.2, 0) is 14.8 Å². The lowest BCUT2D eigenvalue weighted by Crippen LogP contribution is -2.42. The Morgan fingerprint density at radius 3 is 1.83 bits per heavy atom. The standard InChI is InChI=1S/C28H25BrN2O3S/c1-21-12-18-26(19-13-21)35(33,34)31(25-16-14-24(29)15-17-25)20-27(32)30-28(22-8-4-2-5-9-22)23-10-6-3-7-11-23/h2-19,28H,20H2,1H3,(H,30,32). The van der Waals surface area contributed by atoms with Gasteiger partial charge in [-0.05, 0) is 54.4 Å². The summed E-state index contributed by atoms with van der Waals surface area (Å²) in [5, 5.41) is 3.04. The van der Waals surface area contributed by atoms with Crippen molar-refractivity contribution in [1.82, 2.24) is 5.32 Å². The first-order chi connectivity index (χ1) is 16.8. The van der Waals surface area contributed by atoms with E-state index >= 15 is 0 Å². The smallest absolute Gasteiger partial charge is 0.264 e. The highest BCUT2D eigenvalue weighted by atomic mass is 79.9. The third kappa shape index (κ3) is 5.99. The summed E-state index contributed by atoms with van der Waals surface area (Å²) in [5.41, 5.74) is 3.16. The molecule has 0 saturated heterocycles. The van der Waals surface area contributed by atoms with Gasteiger partial charge in [-0.15, -0.1) is 0 Å². The highest BCUT2D eigenvalue weighted by Crippen LogP contribution is 2.26. The number of hydrogen-bond acceptors (Lipinski definition) is 3. The van der Waals surface area contributed by atoms with Crippen molar-refractivity contribution in [3.63, 3.8) is 0 Å². The summed E-state index contributed by atoms with van der Waals surface area (Å²) >= 11 is 3.39. The fourth-order valence-electron chi connectivity index (χ4n) is 3.75. The molecule has 0 bridgehead atoms. The Labute approximate surface area is 214 Å². The lowest BCUT2D eigenvalue weighted by Gasteiger charge is -2.26. The maximum Gasteiger partial charge on any atom is 0.264 e. The molecular weight excluding hydrogens is 524 g/mol. The van der Waals surface area contributed by atoms with Crippen molar-refractivity contribution in [2.24, 2.45) is 0 Å². The summed E-state index contributed by atoms with van der Waals surface area (Å²) < 4.78 is 29.2. The van der Waals surface area contributed by atoms with E-state index < -0.39 is 22.0 Å². The average molecular weight is 549 g/mol. The van der Waals surface area contributed by atoms with Gasteiger partial charge in [0.25, 0.3) is 10.0 Å². The SMILES string of the molecule is Cc1ccc(S(=O)(=O)N(CC(=O)NC(c2ccccc2)c2ccccc2)c2ccc(Br)cc2)cc1. The predicted molar refractivity (Wildman–Crippen MR) is 143 cm³/mol.